The maximum atomic E-state index is 11.3. The molecule has 0 amide bonds. The number of benzene rings is 1. The molecule has 16 heavy (non-hydrogen) atoms. The number of aliphatic hydroxyl groups excluding tert-OH is 1. The minimum atomic E-state index is -1.17. The first-order valence-corrected chi connectivity index (χ1v) is 6.00. The summed E-state index contributed by atoms with van der Waals surface area (Å²) >= 11 is 3.39. The van der Waals surface area contributed by atoms with E-state index in [0.29, 0.717) is 5.56 Å². The number of rotatable bonds is 2. The Morgan fingerprint density at radius 1 is 1.50 bits per heavy atom. The van der Waals surface area contributed by atoms with Crippen molar-refractivity contribution in [3.63, 3.8) is 0 Å². The smallest absolute Gasteiger partial charge is 0.339 e. The number of hydrogen-bond acceptors (Lipinski definition) is 3. The van der Waals surface area contributed by atoms with Crippen LogP contribution in [-0.4, -0.2) is 18.2 Å². The van der Waals surface area contributed by atoms with Crippen molar-refractivity contribution in [2.24, 2.45) is 0 Å². The van der Waals surface area contributed by atoms with Crippen molar-refractivity contribution < 1.29 is 14.6 Å². The Kier molecular flexibility index (Phi) is 3.30. The van der Waals surface area contributed by atoms with Crippen LogP contribution in [0.5, 0.6) is 0 Å². The molecule has 1 atom stereocenters. The van der Waals surface area contributed by atoms with Crippen molar-refractivity contribution in [2.45, 2.75) is 25.4 Å². The predicted molar refractivity (Wildman–Crippen MR) is 63.1 cm³/mol. The van der Waals surface area contributed by atoms with Crippen LogP contribution in [0.4, 0.5) is 0 Å². The molecule has 0 aliphatic heterocycles. The van der Waals surface area contributed by atoms with Crippen molar-refractivity contribution >= 4 is 21.9 Å². The highest BCUT2D eigenvalue weighted by Crippen LogP contribution is 2.32. The predicted octanol–water partition coefficient (Wildman–Crippen LogP) is 2.14. The van der Waals surface area contributed by atoms with Crippen LogP contribution in [0.15, 0.2) is 16.6 Å². The number of aryl methyl sites for hydroxylation is 1. The van der Waals surface area contributed by atoms with E-state index in [2.05, 4.69) is 26.7 Å². The molecule has 1 unspecified atom stereocenters. The lowest BCUT2D eigenvalue weighted by atomic mass is 9.99. The molecule has 4 heteroatoms. The molecule has 0 spiro atoms. The van der Waals surface area contributed by atoms with Gasteiger partial charge in [0.1, 0.15) is 0 Å². The van der Waals surface area contributed by atoms with Crippen LogP contribution in [-0.2, 0) is 22.4 Å². The van der Waals surface area contributed by atoms with Gasteiger partial charge in [0.05, 0.1) is 7.11 Å². The number of hydrogen-bond donors (Lipinski definition) is 1. The van der Waals surface area contributed by atoms with E-state index in [4.69, 9.17) is 0 Å². The summed E-state index contributed by atoms with van der Waals surface area (Å²) in [6.45, 7) is 0. The van der Waals surface area contributed by atoms with Crippen molar-refractivity contribution in [2.75, 3.05) is 7.11 Å². The highest BCUT2D eigenvalue weighted by atomic mass is 79.9. The molecule has 2 rings (SSSR count). The van der Waals surface area contributed by atoms with Gasteiger partial charge in [-0.25, -0.2) is 4.79 Å². The highest BCUT2D eigenvalue weighted by molar-refractivity contribution is 9.10. The lowest BCUT2D eigenvalue weighted by molar-refractivity contribution is -0.150. The van der Waals surface area contributed by atoms with Gasteiger partial charge in [0.25, 0.3) is 0 Å². The number of esters is 1. The standard InChI is InChI=1S/C12H13BrO3/c1-16-12(15)11(14)10-6-8(13)5-7-3-2-4-9(7)10/h5-6,11,14H,2-4H2,1H3. The fraction of sp³-hybridized carbons (Fsp3) is 0.417. The van der Waals surface area contributed by atoms with Gasteiger partial charge in [-0.05, 0) is 48.1 Å². The summed E-state index contributed by atoms with van der Waals surface area (Å²) in [5.41, 5.74) is 2.99. The molecule has 0 saturated carbocycles. The quantitative estimate of drug-likeness (QED) is 0.847. The Balaban J connectivity index is 2.44. The fourth-order valence-electron chi connectivity index (χ4n) is 2.18. The number of aliphatic hydroxyl groups is 1. The Morgan fingerprint density at radius 2 is 2.25 bits per heavy atom. The van der Waals surface area contributed by atoms with Gasteiger partial charge in [-0.1, -0.05) is 15.9 Å². The molecule has 3 nitrogen and oxygen atoms in total. The van der Waals surface area contributed by atoms with E-state index in [-0.39, 0.29) is 0 Å². The average molecular weight is 285 g/mol. The topological polar surface area (TPSA) is 46.5 Å². The molecular weight excluding hydrogens is 272 g/mol. The Bertz CT molecular complexity index is 429. The Labute approximate surface area is 103 Å². The van der Waals surface area contributed by atoms with Gasteiger partial charge in [-0.3, -0.25) is 0 Å². The first-order chi connectivity index (χ1) is 7.63. The van der Waals surface area contributed by atoms with Crippen LogP contribution in [0.2, 0.25) is 0 Å². The highest BCUT2D eigenvalue weighted by Gasteiger charge is 2.25. The van der Waals surface area contributed by atoms with E-state index >= 15 is 0 Å². The van der Waals surface area contributed by atoms with Gasteiger partial charge in [0.2, 0.25) is 0 Å². The summed E-state index contributed by atoms with van der Waals surface area (Å²) in [5.74, 6) is -0.604. The number of carbonyl (C=O) groups is 1. The monoisotopic (exact) mass is 284 g/mol. The first kappa shape index (κ1) is 11.6. The number of carbonyl (C=O) groups excluding carboxylic acids is 1. The summed E-state index contributed by atoms with van der Waals surface area (Å²) in [4.78, 5) is 11.3. The first-order valence-electron chi connectivity index (χ1n) is 5.20. The van der Waals surface area contributed by atoms with Crippen molar-refractivity contribution in [3.8, 4) is 0 Å². The second-order valence-electron chi connectivity index (χ2n) is 3.91. The molecule has 1 aromatic rings. The largest absolute Gasteiger partial charge is 0.467 e. The maximum absolute atomic E-state index is 11.3. The minimum absolute atomic E-state index is 0.604. The molecule has 0 bridgehead atoms. The number of halogens is 1. The number of fused-ring (bicyclic) bond motifs is 1. The van der Waals surface area contributed by atoms with Crippen LogP contribution < -0.4 is 0 Å². The number of ether oxygens (including phenoxy) is 1. The van der Waals surface area contributed by atoms with Gasteiger partial charge in [0, 0.05) is 4.47 Å². The maximum Gasteiger partial charge on any atom is 0.339 e. The third kappa shape index (κ3) is 1.99. The molecule has 0 radical (unpaired) electrons. The van der Waals surface area contributed by atoms with Crippen molar-refractivity contribution in [1.29, 1.82) is 0 Å². The zero-order valence-electron chi connectivity index (χ0n) is 9.00. The summed E-state index contributed by atoms with van der Waals surface area (Å²) in [6, 6.07) is 3.85. The van der Waals surface area contributed by atoms with E-state index in [1.807, 2.05) is 0 Å². The SMILES string of the molecule is COC(=O)C(O)c1cc(Br)cc2c1CCC2. The van der Waals surface area contributed by atoms with Crippen molar-refractivity contribution in [1.82, 2.24) is 0 Å². The Morgan fingerprint density at radius 3 is 2.94 bits per heavy atom. The van der Waals surface area contributed by atoms with Crippen LogP contribution in [0.3, 0.4) is 0 Å². The zero-order chi connectivity index (χ0) is 11.7. The van der Waals surface area contributed by atoms with Gasteiger partial charge in [0.15, 0.2) is 6.10 Å². The van der Waals surface area contributed by atoms with Gasteiger partial charge >= 0.3 is 5.97 Å². The van der Waals surface area contributed by atoms with Crippen LogP contribution in [0, 0.1) is 0 Å². The zero-order valence-corrected chi connectivity index (χ0v) is 10.6. The third-order valence-corrected chi connectivity index (χ3v) is 3.39. The normalized spacial score (nSPS) is 15.7. The van der Waals surface area contributed by atoms with Crippen LogP contribution >= 0.6 is 15.9 Å². The molecule has 0 aromatic heterocycles. The number of methoxy groups -OCH3 is 1. The average Bonchev–Trinajstić information content (AvgIpc) is 2.73. The van der Waals surface area contributed by atoms with E-state index < -0.39 is 12.1 Å². The lowest BCUT2D eigenvalue weighted by Gasteiger charge is -2.14. The molecule has 1 aliphatic rings. The molecule has 86 valence electrons. The molecular formula is C12H13BrO3. The van der Waals surface area contributed by atoms with Gasteiger partial charge in [-0.15, -0.1) is 0 Å². The summed E-state index contributed by atoms with van der Waals surface area (Å²) in [7, 11) is 1.28. The van der Waals surface area contributed by atoms with Gasteiger partial charge in [-0.2, -0.15) is 0 Å². The van der Waals surface area contributed by atoms with E-state index in [0.717, 1.165) is 29.3 Å². The van der Waals surface area contributed by atoms with E-state index in [1.54, 1.807) is 6.07 Å². The Hall–Kier alpha value is -0.870. The van der Waals surface area contributed by atoms with Crippen molar-refractivity contribution in [3.05, 3.63) is 33.3 Å². The second kappa shape index (κ2) is 4.55. The lowest BCUT2D eigenvalue weighted by Crippen LogP contribution is -2.15. The van der Waals surface area contributed by atoms with E-state index in [1.165, 1.54) is 12.7 Å². The van der Waals surface area contributed by atoms with E-state index in [9.17, 15) is 9.90 Å². The fourth-order valence-corrected chi connectivity index (χ4v) is 2.71. The van der Waals surface area contributed by atoms with Gasteiger partial charge < -0.3 is 9.84 Å². The molecule has 0 saturated heterocycles. The van der Waals surface area contributed by atoms with Crippen LogP contribution in [0.25, 0.3) is 0 Å². The van der Waals surface area contributed by atoms with Crippen LogP contribution in [0.1, 0.15) is 29.2 Å². The molecule has 1 N–H and O–H groups in total. The summed E-state index contributed by atoms with van der Waals surface area (Å²) in [5, 5.41) is 9.88. The minimum Gasteiger partial charge on any atom is -0.467 e. The molecule has 1 aromatic carbocycles. The molecule has 0 fully saturated rings. The summed E-state index contributed by atoms with van der Waals surface area (Å²) < 4.78 is 5.46. The summed E-state index contributed by atoms with van der Waals surface area (Å²) in [6.07, 6.45) is 1.84. The third-order valence-electron chi connectivity index (χ3n) is 2.93. The second-order valence-corrected chi connectivity index (χ2v) is 4.83. The molecule has 0 heterocycles. The molecule has 1 aliphatic carbocycles.